The normalized spacial score (nSPS) is 15.5. The summed E-state index contributed by atoms with van der Waals surface area (Å²) in [4.78, 5) is 25.8. The molecule has 154 valence electrons. The third-order valence-electron chi connectivity index (χ3n) is 5.46. The van der Waals surface area contributed by atoms with Crippen molar-refractivity contribution in [3.63, 3.8) is 0 Å². The maximum absolute atomic E-state index is 12.7. The van der Waals surface area contributed by atoms with Crippen molar-refractivity contribution in [1.82, 2.24) is 10.2 Å². The maximum Gasteiger partial charge on any atom is 0.273 e. The molecule has 29 heavy (non-hydrogen) atoms. The average Bonchev–Trinajstić information content (AvgIpc) is 2.75. The molecule has 0 aliphatic carbocycles. The number of hydrogen-bond acceptors (Lipinski definition) is 5. The zero-order valence-electron chi connectivity index (χ0n) is 16.9. The number of amides is 1. The van der Waals surface area contributed by atoms with Gasteiger partial charge < -0.3 is 10.1 Å². The molecule has 1 N–H and O–H groups in total. The van der Waals surface area contributed by atoms with Crippen LogP contribution in [-0.2, 0) is 0 Å². The first-order valence-electron chi connectivity index (χ1n) is 9.91. The highest BCUT2D eigenvalue weighted by molar-refractivity contribution is 5.95. The Morgan fingerprint density at radius 3 is 2.48 bits per heavy atom. The molecular weight excluding hydrogens is 370 g/mol. The predicted molar refractivity (Wildman–Crippen MR) is 111 cm³/mol. The van der Waals surface area contributed by atoms with Gasteiger partial charge in [0.25, 0.3) is 11.6 Å². The number of carbonyl (C=O) groups excluding carboxylic acids is 1. The summed E-state index contributed by atoms with van der Waals surface area (Å²) in [5, 5.41) is 14.1. The zero-order chi connectivity index (χ0) is 20.8. The fourth-order valence-electron chi connectivity index (χ4n) is 3.75. The molecule has 1 amide bonds. The van der Waals surface area contributed by atoms with Crippen molar-refractivity contribution in [1.29, 1.82) is 0 Å². The highest BCUT2D eigenvalue weighted by atomic mass is 16.6. The van der Waals surface area contributed by atoms with Crippen LogP contribution >= 0.6 is 0 Å². The molecule has 1 aliphatic rings. The van der Waals surface area contributed by atoms with E-state index in [1.54, 1.807) is 26.2 Å². The number of piperidine rings is 1. The number of carbonyl (C=O) groups is 1. The summed E-state index contributed by atoms with van der Waals surface area (Å²) in [5.41, 5.74) is 1.91. The van der Waals surface area contributed by atoms with Crippen LogP contribution in [0.3, 0.4) is 0 Å². The minimum Gasteiger partial charge on any atom is -0.497 e. The SMILES string of the molecule is COc1ccc(C(CNC(=O)c2ccc(C)c([N+](=O)[O-])c2)N2CCCCC2)cc1. The maximum atomic E-state index is 12.7. The molecule has 1 aliphatic heterocycles. The fourth-order valence-corrected chi connectivity index (χ4v) is 3.75. The summed E-state index contributed by atoms with van der Waals surface area (Å²) in [6.07, 6.45) is 3.51. The Balaban J connectivity index is 1.76. The van der Waals surface area contributed by atoms with Crippen molar-refractivity contribution in [2.75, 3.05) is 26.7 Å². The Morgan fingerprint density at radius 1 is 1.17 bits per heavy atom. The number of nitro benzene ring substituents is 1. The molecule has 0 saturated carbocycles. The van der Waals surface area contributed by atoms with E-state index in [4.69, 9.17) is 4.74 Å². The van der Waals surface area contributed by atoms with Crippen LogP contribution in [0, 0.1) is 17.0 Å². The number of likely N-dealkylation sites (tertiary alicyclic amines) is 1. The first-order valence-corrected chi connectivity index (χ1v) is 9.91. The van der Waals surface area contributed by atoms with E-state index in [1.807, 2.05) is 24.3 Å². The van der Waals surface area contributed by atoms with Gasteiger partial charge in [-0.1, -0.05) is 24.6 Å². The second-order valence-electron chi connectivity index (χ2n) is 7.35. The molecule has 1 atom stereocenters. The lowest BCUT2D eigenvalue weighted by molar-refractivity contribution is -0.385. The van der Waals surface area contributed by atoms with Gasteiger partial charge in [-0.2, -0.15) is 0 Å². The van der Waals surface area contributed by atoms with Crippen LogP contribution in [0.1, 0.15) is 46.8 Å². The van der Waals surface area contributed by atoms with E-state index in [0.717, 1.165) is 37.2 Å². The minimum atomic E-state index is -0.458. The van der Waals surface area contributed by atoms with E-state index in [9.17, 15) is 14.9 Å². The summed E-state index contributed by atoms with van der Waals surface area (Å²) in [5.74, 6) is 0.491. The Labute approximate surface area is 170 Å². The summed E-state index contributed by atoms with van der Waals surface area (Å²) in [6.45, 7) is 4.08. The van der Waals surface area contributed by atoms with Crippen LogP contribution < -0.4 is 10.1 Å². The van der Waals surface area contributed by atoms with E-state index in [-0.39, 0.29) is 17.6 Å². The minimum absolute atomic E-state index is 0.0413. The molecule has 2 aromatic carbocycles. The first kappa shape index (κ1) is 20.8. The van der Waals surface area contributed by atoms with Gasteiger partial charge >= 0.3 is 0 Å². The van der Waals surface area contributed by atoms with Crippen LogP contribution in [0.2, 0.25) is 0 Å². The predicted octanol–water partition coefficient (Wildman–Crippen LogP) is 3.87. The fraction of sp³-hybridized carbons (Fsp3) is 0.409. The number of aryl methyl sites for hydroxylation is 1. The van der Waals surface area contributed by atoms with Crippen molar-refractivity contribution >= 4 is 11.6 Å². The van der Waals surface area contributed by atoms with Gasteiger partial charge in [-0.05, 0) is 56.6 Å². The first-order chi connectivity index (χ1) is 14.0. The van der Waals surface area contributed by atoms with Gasteiger partial charge in [-0.3, -0.25) is 19.8 Å². The van der Waals surface area contributed by atoms with Crippen LogP contribution in [0.15, 0.2) is 42.5 Å². The Bertz CT molecular complexity index is 861. The molecule has 1 unspecified atom stereocenters. The number of methoxy groups -OCH3 is 1. The van der Waals surface area contributed by atoms with E-state index in [1.165, 1.54) is 12.5 Å². The Hall–Kier alpha value is -2.93. The Morgan fingerprint density at radius 2 is 1.86 bits per heavy atom. The van der Waals surface area contributed by atoms with Crippen molar-refractivity contribution in [3.05, 3.63) is 69.3 Å². The quantitative estimate of drug-likeness (QED) is 0.566. The number of benzene rings is 2. The van der Waals surface area contributed by atoms with Crippen LogP contribution in [0.5, 0.6) is 5.75 Å². The molecule has 0 bridgehead atoms. The van der Waals surface area contributed by atoms with Crippen molar-refractivity contribution in [2.45, 2.75) is 32.2 Å². The molecular formula is C22H27N3O4. The average molecular weight is 397 g/mol. The van der Waals surface area contributed by atoms with E-state index >= 15 is 0 Å². The molecule has 2 aromatic rings. The number of ether oxygens (including phenoxy) is 1. The molecule has 1 saturated heterocycles. The molecule has 1 fully saturated rings. The smallest absolute Gasteiger partial charge is 0.273 e. The summed E-state index contributed by atoms with van der Waals surface area (Å²) in [6, 6.07) is 12.5. The largest absolute Gasteiger partial charge is 0.497 e. The van der Waals surface area contributed by atoms with Gasteiger partial charge in [0.15, 0.2) is 0 Å². The number of nitrogens with zero attached hydrogens (tertiary/aromatic N) is 2. The number of rotatable bonds is 7. The standard InChI is InChI=1S/C22H27N3O4/c1-16-6-7-18(14-20(16)25(27)28)22(26)23-15-21(24-12-4-3-5-13-24)17-8-10-19(29-2)11-9-17/h6-11,14,21H,3-5,12-13,15H2,1-2H3,(H,23,26). The lowest BCUT2D eigenvalue weighted by Gasteiger charge is -2.35. The molecule has 0 spiro atoms. The van der Waals surface area contributed by atoms with Gasteiger partial charge in [0.2, 0.25) is 0 Å². The second kappa shape index (κ2) is 9.52. The second-order valence-corrected chi connectivity index (χ2v) is 7.35. The van der Waals surface area contributed by atoms with Gasteiger partial charge in [-0.15, -0.1) is 0 Å². The van der Waals surface area contributed by atoms with Gasteiger partial charge in [0.1, 0.15) is 5.75 Å². The number of nitro groups is 1. The van der Waals surface area contributed by atoms with E-state index in [0.29, 0.717) is 17.7 Å². The number of nitrogens with one attached hydrogen (secondary N) is 1. The summed E-state index contributed by atoms with van der Waals surface area (Å²) < 4.78 is 5.25. The Kier molecular flexibility index (Phi) is 6.82. The van der Waals surface area contributed by atoms with Crippen molar-refractivity contribution in [2.24, 2.45) is 0 Å². The lowest BCUT2D eigenvalue weighted by Crippen LogP contribution is -2.40. The van der Waals surface area contributed by atoms with Crippen molar-refractivity contribution in [3.8, 4) is 5.75 Å². The van der Waals surface area contributed by atoms with Gasteiger partial charge in [0, 0.05) is 23.7 Å². The highest BCUT2D eigenvalue weighted by Crippen LogP contribution is 2.26. The van der Waals surface area contributed by atoms with E-state index in [2.05, 4.69) is 10.2 Å². The molecule has 0 aromatic heterocycles. The van der Waals surface area contributed by atoms with Gasteiger partial charge in [-0.25, -0.2) is 0 Å². The molecule has 7 heteroatoms. The monoisotopic (exact) mass is 397 g/mol. The zero-order valence-corrected chi connectivity index (χ0v) is 16.9. The van der Waals surface area contributed by atoms with Crippen LogP contribution in [0.4, 0.5) is 5.69 Å². The van der Waals surface area contributed by atoms with Crippen molar-refractivity contribution < 1.29 is 14.5 Å². The summed E-state index contributed by atoms with van der Waals surface area (Å²) in [7, 11) is 1.64. The van der Waals surface area contributed by atoms with Crippen LogP contribution in [-0.4, -0.2) is 42.5 Å². The van der Waals surface area contributed by atoms with Gasteiger partial charge in [0.05, 0.1) is 18.1 Å². The van der Waals surface area contributed by atoms with E-state index < -0.39 is 4.92 Å². The summed E-state index contributed by atoms with van der Waals surface area (Å²) >= 11 is 0. The van der Waals surface area contributed by atoms with Crippen LogP contribution in [0.25, 0.3) is 0 Å². The highest BCUT2D eigenvalue weighted by Gasteiger charge is 2.23. The molecule has 3 rings (SSSR count). The molecule has 0 radical (unpaired) electrons. The third-order valence-corrected chi connectivity index (χ3v) is 5.46. The topological polar surface area (TPSA) is 84.7 Å². The molecule has 7 nitrogen and oxygen atoms in total. The lowest BCUT2D eigenvalue weighted by atomic mass is 10.0. The molecule has 1 heterocycles. The number of hydrogen-bond donors (Lipinski definition) is 1. The third kappa shape index (κ3) is 5.12.